The molecule has 6 heteroatoms. The van der Waals surface area contributed by atoms with E-state index in [1.165, 1.54) is 24.2 Å². The van der Waals surface area contributed by atoms with Crippen LogP contribution in [0.4, 0.5) is 4.39 Å². The summed E-state index contributed by atoms with van der Waals surface area (Å²) in [5.74, 6) is 0.421. The first kappa shape index (κ1) is 12.3. The fourth-order valence-electron chi connectivity index (χ4n) is 1.15. The number of rotatable bonds is 3. The molecule has 0 aliphatic carbocycles. The summed E-state index contributed by atoms with van der Waals surface area (Å²) in [4.78, 5) is 7.98. The van der Waals surface area contributed by atoms with Gasteiger partial charge in [0.15, 0.2) is 0 Å². The smallest absolute Gasteiger partial charge is 0.223 e. The molecule has 0 aliphatic rings. The van der Waals surface area contributed by atoms with Gasteiger partial charge in [0.1, 0.15) is 22.9 Å². The molecule has 0 saturated carbocycles. The summed E-state index contributed by atoms with van der Waals surface area (Å²) < 4.78 is 19.1. The molecule has 2 aromatic rings. The highest BCUT2D eigenvalue weighted by molar-refractivity contribution is 9.10. The van der Waals surface area contributed by atoms with Gasteiger partial charge in [-0.25, -0.2) is 14.4 Å². The van der Waals surface area contributed by atoms with Crippen molar-refractivity contribution >= 4 is 27.7 Å². The minimum atomic E-state index is -0.373. The second-order valence-corrected chi connectivity index (χ2v) is 4.76. The molecule has 0 atom stereocenters. The lowest BCUT2D eigenvalue weighted by atomic mass is 10.3. The normalized spacial score (nSPS) is 10.3. The Bertz CT molecular complexity index is 539. The van der Waals surface area contributed by atoms with E-state index in [2.05, 4.69) is 25.9 Å². The number of benzene rings is 1. The molecular formula is C11H8BrFN2OS. The number of hydrogen-bond acceptors (Lipinski definition) is 4. The van der Waals surface area contributed by atoms with Crippen molar-refractivity contribution in [2.45, 2.75) is 5.03 Å². The molecule has 1 aromatic carbocycles. The van der Waals surface area contributed by atoms with Crippen molar-refractivity contribution in [3.05, 3.63) is 40.9 Å². The zero-order chi connectivity index (χ0) is 12.3. The number of halogens is 2. The van der Waals surface area contributed by atoms with Gasteiger partial charge in [-0.15, -0.1) is 11.8 Å². The van der Waals surface area contributed by atoms with Crippen molar-refractivity contribution in [2.24, 2.45) is 0 Å². The number of thioether (sulfide) groups is 1. The molecule has 88 valence electrons. The second kappa shape index (κ2) is 5.46. The predicted octanol–water partition coefficient (Wildman–Crippen LogP) is 3.89. The molecule has 0 unspecified atom stereocenters. The maximum atomic E-state index is 13.3. The van der Waals surface area contributed by atoms with E-state index in [0.29, 0.717) is 16.1 Å². The topological polar surface area (TPSA) is 35.0 Å². The molecule has 2 rings (SSSR count). The summed E-state index contributed by atoms with van der Waals surface area (Å²) in [7, 11) is 0. The van der Waals surface area contributed by atoms with Gasteiger partial charge in [-0.05, 0) is 34.3 Å². The fraction of sp³-hybridized carbons (Fsp3) is 0.0909. The first-order valence-electron chi connectivity index (χ1n) is 4.68. The van der Waals surface area contributed by atoms with Crippen LogP contribution in [0.3, 0.4) is 0 Å². The molecule has 0 radical (unpaired) electrons. The highest BCUT2D eigenvalue weighted by Gasteiger charge is 2.04. The molecule has 1 heterocycles. The minimum absolute atomic E-state index is 0.373. The van der Waals surface area contributed by atoms with Crippen LogP contribution in [0.1, 0.15) is 0 Å². The Labute approximate surface area is 111 Å². The Kier molecular flexibility index (Phi) is 3.96. The maximum absolute atomic E-state index is 13.3. The van der Waals surface area contributed by atoms with E-state index in [4.69, 9.17) is 4.74 Å². The lowest BCUT2D eigenvalue weighted by Crippen LogP contribution is -1.90. The van der Waals surface area contributed by atoms with Crippen molar-refractivity contribution in [3.8, 4) is 11.6 Å². The van der Waals surface area contributed by atoms with Crippen molar-refractivity contribution in [3.63, 3.8) is 0 Å². The molecule has 0 amide bonds. The number of aromatic nitrogens is 2. The van der Waals surface area contributed by atoms with Gasteiger partial charge < -0.3 is 4.74 Å². The molecule has 0 fully saturated rings. The summed E-state index contributed by atoms with van der Waals surface area (Å²) in [6.45, 7) is 0. The highest BCUT2D eigenvalue weighted by atomic mass is 79.9. The van der Waals surface area contributed by atoms with Crippen LogP contribution in [-0.2, 0) is 0 Å². The summed E-state index contributed by atoms with van der Waals surface area (Å²) >= 11 is 4.56. The van der Waals surface area contributed by atoms with Gasteiger partial charge in [0.05, 0.1) is 4.47 Å². The molecule has 0 N–H and O–H groups in total. The van der Waals surface area contributed by atoms with Gasteiger partial charge in [-0.1, -0.05) is 0 Å². The minimum Gasteiger partial charge on any atom is -0.439 e. The van der Waals surface area contributed by atoms with Gasteiger partial charge in [0.25, 0.3) is 0 Å². The molecule has 0 aliphatic heterocycles. The van der Waals surface area contributed by atoms with E-state index in [-0.39, 0.29) is 5.82 Å². The van der Waals surface area contributed by atoms with Crippen LogP contribution in [0, 0.1) is 5.82 Å². The summed E-state index contributed by atoms with van der Waals surface area (Å²) in [6.07, 6.45) is 3.32. The van der Waals surface area contributed by atoms with Crippen molar-refractivity contribution in [1.29, 1.82) is 0 Å². The Balaban J connectivity index is 2.22. The molecule has 1 aromatic heterocycles. The first-order valence-corrected chi connectivity index (χ1v) is 6.70. The SMILES string of the molecule is CSc1cc(Oc2ccc(Br)c(F)c2)ncn1. The Morgan fingerprint density at radius 3 is 2.82 bits per heavy atom. The van der Waals surface area contributed by atoms with Gasteiger partial charge in [0.2, 0.25) is 5.88 Å². The van der Waals surface area contributed by atoms with Gasteiger partial charge in [-0.2, -0.15) is 0 Å². The average Bonchev–Trinajstić information content (AvgIpc) is 2.34. The van der Waals surface area contributed by atoms with Crippen molar-refractivity contribution < 1.29 is 9.13 Å². The monoisotopic (exact) mass is 314 g/mol. The molecule has 0 saturated heterocycles. The number of nitrogens with zero attached hydrogens (tertiary/aromatic N) is 2. The van der Waals surface area contributed by atoms with E-state index < -0.39 is 0 Å². The number of hydrogen-bond donors (Lipinski definition) is 0. The van der Waals surface area contributed by atoms with E-state index in [1.54, 1.807) is 18.2 Å². The zero-order valence-electron chi connectivity index (χ0n) is 8.85. The Hall–Kier alpha value is -1.14. The fourth-order valence-corrected chi connectivity index (χ4v) is 1.77. The first-order chi connectivity index (χ1) is 8.19. The summed E-state index contributed by atoms with van der Waals surface area (Å²) in [5, 5.41) is 0.799. The van der Waals surface area contributed by atoms with Crippen LogP contribution < -0.4 is 4.74 Å². The van der Waals surface area contributed by atoms with Crippen LogP contribution in [0.5, 0.6) is 11.6 Å². The van der Waals surface area contributed by atoms with Crippen LogP contribution in [-0.4, -0.2) is 16.2 Å². The molecular weight excluding hydrogens is 307 g/mol. The van der Waals surface area contributed by atoms with E-state index in [1.807, 2.05) is 6.26 Å². The number of ether oxygens (including phenoxy) is 1. The van der Waals surface area contributed by atoms with Crippen LogP contribution in [0.2, 0.25) is 0 Å². The van der Waals surface area contributed by atoms with E-state index in [9.17, 15) is 4.39 Å². The molecule has 3 nitrogen and oxygen atoms in total. The van der Waals surface area contributed by atoms with E-state index >= 15 is 0 Å². The highest BCUT2D eigenvalue weighted by Crippen LogP contribution is 2.25. The predicted molar refractivity (Wildman–Crippen MR) is 68.0 cm³/mol. The maximum Gasteiger partial charge on any atom is 0.223 e. The quantitative estimate of drug-likeness (QED) is 0.636. The standard InChI is InChI=1S/C11H8BrFN2OS/c1-17-11-5-10(14-6-15-11)16-7-2-3-8(12)9(13)4-7/h2-6H,1H3. The molecule has 17 heavy (non-hydrogen) atoms. The lowest BCUT2D eigenvalue weighted by molar-refractivity contribution is 0.454. The van der Waals surface area contributed by atoms with Gasteiger partial charge in [0, 0.05) is 12.1 Å². The van der Waals surface area contributed by atoms with Crippen LogP contribution in [0.25, 0.3) is 0 Å². The van der Waals surface area contributed by atoms with E-state index in [0.717, 1.165) is 5.03 Å². The third-order valence-corrected chi connectivity index (χ3v) is 3.22. The molecule has 0 bridgehead atoms. The zero-order valence-corrected chi connectivity index (χ0v) is 11.3. The largest absolute Gasteiger partial charge is 0.439 e. The third-order valence-electron chi connectivity index (χ3n) is 1.94. The van der Waals surface area contributed by atoms with Gasteiger partial charge >= 0.3 is 0 Å². The second-order valence-electron chi connectivity index (χ2n) is 3.08. The third kappa shape index (κ3) is 3.17. The Morgan fingerprint density at radius 1 is 1.29 bits per heavy atom. The summed E-state index contributed by atoms with van der Waals surface area (Å²) in [6, 6.07) is 6.24. The average molecular weight is 315 g/mol. The lowest BCUT2D eigenvalue weighted by Gasteiger charge is -2.05. The van der Waals surface area contributed by atoms with Crippen LogP contribution in [0.15, 0.2) is 40.1 Å². The Morgan fingerprint density at radius 2 is 2.12 bits per heavy atom. The van der Waals surface area contributed by atoms with Crippen molar-refractivity contribution in [2.75, 3.05) is 6.26 Å². The van der Waals surface area contributed by atoms with Crippen LogP contribution >= 0.6 is 27.7 Å². The van der Waals surface area contributed by atoms with Crippen molar-refractivity contribution in [1.82, 2.24) is 9.97 Å². The summed E-state index contributed by atoms with van der Waals surface area (Å²) in [5.41, 5.74) is 0. The van der Waals surface area contributed by atoms with Gasteiger partial charge in [-0.3, -0.25) is 0 Å². The molecule has 0 spiro atoms.